The van der Waals surface area contributed by atoms with Gasteiger partial charge in [0.1, 0.15) is 17.6 Å². The first-order chi connectivity index (χ1) is 15.0. The lowest BCUT2D eigenvalue weighted by Crippen LogP contribution is -2.26. The highest BCUT2D eigenvalue weighted by molar-refractivity contribution is 9.10. The number of hydrogen-bond acceptors (Lipinski definition) is 6. The molecule has 0 radical (unpaired) electrons. The highest BCUT2D eigenvalue weighted by Crippen LogP contribution is 2.29. The van der Waals surface area contributed by atoms with E-state index in [2.05, 4.69) is 38.3 Å². The third-order valence-corrected chi connectivity index (χ3v) is 6.55. The molecular formula is C23H26BrN3O3S. The van der Waals surface area contributed by atoms with Crippen LogP contribution >= 0.6 is 27.7 Å². The van der Waals surface area contributed by atoms with E-state index in [1.165, 1.54) is 11.8 Å². The smallest absolute Gasteiger partial charge is 0.319 e. The molecule has 0 aliphatic heterocycles. The predicted molar refractivity (Wildman–Crippen MR) is 125 cm³/mol. The lowest BCUT2D eigenvalue weighted by Gasteiger charge is -2.19. The van der Waals surface area contributed by atoms with Crippen LogP contribution in [0.5, 0.6) is 5.75 Å². The van der Waals surface area contributed by atoms with E-state index in [0.717, 1.165) is 15.8 Å². The Morgan fingerprint density at radius 1 is 1.10 bits per heavy atom. The minimum absolute atomic E-state index is 0.0911. The van der Waals surface area contributed by atoms with Crippen LogP contribution in [0.2, 0.25) is 0 Å². The van der Waals surface area contributed by atoms with E-state index < -0.39 is 0 Å². The van der Waals surface area contributed by atoms with Crippen molar-refractivity contribution in [2.24, 2.45) is 5.92 Å². The number of nitrogens with zero attached hydrogens (tertiary/aromatic N) is 3. The number of thioether (sulfide) groups is 1. The van der Waals surface area contributed by atoms with E-state index >= 15 is 0 Å². The highest BCUT2D eigenvalue weighted by atomic mass is 79.9. The molecular weight excluding hydrogens is 478 g/mol. The molecule has 8 heteroatoms. The molecule has 0 spiro atoms. The lowest BCUT2D eigenvalue weighted by molar-refractivity contribution is -0.143. The van der Waals surface area contributed by atoms with Crippen molar-refractivity contribution in [2.45, 2.75) is 44.3 Å². The van der Waals surface area contributed by atoms with Crippen molar-refractivity contribution >= 4 is 33.7 Å². The van der Waals surface area contributed by atoms with Crippen molar-refractivity contribution in [1.82, 2.24) is 14.8 Å². The second-order valence-electron chi connectivity index (χ2n) is 7.25. The predicted octanol–water partition coefficient (Wildman–Crippen LogP) is 5.35. The standard InChI is InChI=1S/C23H26BrN3O3S/c1-4-29-22(28)21(16(2)3)31-23-26-25-20(15-30-19-12-10-18(24)11-13-19)27(23)14-17-8-6-5-7-9-17/h5-13,16,21H,4,14-15H2,1-3H3/t21-/m0/s1. The first-order valence-corrected chi connectivity index (χ1v) is 11.8. The molecule has 0 bridgehead atoms. The summed E-state index contributed by atoms with van der Waals surface area (Å²) in [5.74, 6) is 1.30. The van der Waals surface area contributed by atoms with Crippen LogP contribution in [0.15, 0.2) is 64.2 Å². The third kappa shape index (κ3) is 6.58. The lowest BCUT2D eigenvalue weighted by atomic mass is 10.1. The summed E-state index contributed by atoms with van der Waals surface area (Å²) in [6.07, 6.45) is 0. The van der Waals surface area contributed by atoms with Gasteiger partial charge in [-0.05, 0) is 42.7 Å². The molecule has 0 saturated heterocycles. The molecule has 0 amide bonds. The van der Waals surface area contributed by atoms with Crippen LogP contribution in [0, 0.1) is 5.92 Å². The normalized spacial score (nSPS) is 12.0. The molecule has 1 atom stereocenters. The Hall–Kier alpha value is -2.32. The summed E-state index contributed by atoms with van der Waals surface area (Å²) in [6.45, 7) is 7.03. The minimum Gasteiger partial charge on any atom is -0.486 e. The van der Waals surface area contributed by atoms with Gasteiger partial charge in [0.05, 0.1) is 13.2 Å². The van der Waals surface area contributed by atoms with E-state index in [-0.39, 0.29) is 23.7 Å². The number of ether oxygens (including phenoxy) is 2. The van der Waals surface area contributed by atoms with Gasteiger partial charge in [0, 0.05) is 4.47 Å². The van der Waals surface area contributed by atoms with Crippen LogP contribution in [0.3, 0.4) is 0 Å². The maximum atomic E-state index is 12.5. The summed E-state index contributed by atoms with van der Waals surface area (Å²) < 4.78 is 14.2. The maximum absolute atomic E-state index is 12.5. The maximum Gasteiger partial charge on any atom is 0.319 e. The molecule has 0 unspecified atom stereocenters. The Labute approximate surface area is 195 Å². The monoisotopic (exact) mass is 503 g/mol. The number of aromatic nitrogens is 3. The van der Waals surface area contributed by atoms with E-state index in [1.807, 2.05) is 67.8 Å². The molecule has 164 valence electrons. The fourth-order valence-electron chi connectivity index (χ4n) is 2.91. The number of benzene rings is 2. The minimum atomic E-state index is -0.362. The quantitative estimate of drug-likeness (QED) is 0.274. The Bertz CT molecular complexity index is 977. The molecule has 0 saturated carbocycles. The molecule has 1 heterocycles. The van der Waals surface area contributed by atoms with Gasteiger partial charge in [-0.15, -0.1) is 10.2 Å². The summed E-state index contributed by atoms with van der Waals surface area (Å²) >= 11 is 4.82. The van der Waals surface area contributed by atoms with Crippen LogP contribution in [-0.4, -0.2) is 32.6 Å². The molecule has 0 aliphatic rings. The first-order valence-electron chi connectivity index (χ1n) is 10.2. The molecule has 1 aromatic heterocycles. The van der Waals surface area contributed by atoms with Gasteiger partial charge >= 0.3 is 5.97 Å². The van der Waals surface area contributed by atoms with Gasteiger partial charge in [0.25, 0.3) is 0 Å². The number of halogens is 1. The number of carbonyl (C=O) groups is 1. The summed E-state index contributed by atoms with van der Waals surface area (Å²) in [6, 6.07) is 17.7. The highest BCUT2D eigenvalue weighted by Gasteiger charge is 2.28. The number of esters is 1. The Morgan fingerprint density at radius 2 is 1.81 bits per heavy atom. The zero-order chi connectivity index (χ0) is 22.2. The van der Waals surface area contributed by atoms with Gasteiger partial charge in [0.2, 0.25) is 0 Å². The summed E-state index contributed by atoms with van der Waals surface area (Å²) in [5.41, 5.74) is 1.12. The Balaban J connectivity index is 1.85. The fourth-order valence-corrected chi connectivity index (χ4v) is 4.22. The molecule has 0 aliphatic carbocycles. The van der Waals surface area contributed by atoms with Crippen molar-refractivity contribution in [3.8, 4) is 5.75 Å². The van der Waals surface area contributed by atoms with Crippen molar-refractivity contribution in [3.05, 3.63) is 70.5 Å². The molecule has 3 rings (SSSR count). The van der Waals surface area contributed by atoms with Crippen LogP contribution in [-0.2, 0) is 22.7 Å². The largest absolute Gasteiger partial charge is 0.486 e. The van der Waals surface area contributed by atoms with E-state index in [1.54, 1.807) is 0 Å². The van der Waals surface area contributed by atoms with E-state index in [9.17, 15) is 4.79 Å². The number of hydrogen-bond donors (Lipinski definition) is 0. The van der Waals surface area contributed by atoms with Crippen molar-refractivity contribution < 1.29 is 14.3 Å². The fraction of sp³-hybridized carbons (Fsp3) is 0.348. The van der Waals surface area contributed by atoms with Gasteiger partial charge < -0.3 is 9.47 Å². The molecule has 6 nitrogen and oxygen atoms in total. The van der Waals surface area contributed by atoms with E-state index in [0.29, 0.717) is 24.1 Å². The van der Waals surface area contributed by atoms with Gasteiger partial charge in [-0.1, -0.05) is 71.9 Å². The van der Waals surface area contributed by atoms with Crippen LogP contribution in [0.4, 0.5) is 0 Å². The summed E-state index contributed by atoms with van der Waals surface area (Å²) in [5, 5.41) is 9.06. The average Bonchev–Trinajstić information content (AvgIpc) is 3.13. The van der Waals surface area contributed by atoms with Crippen molar-refractivity contribution in [2.75, 3.05) is 6.61 Å². The SMILES string of the molecule is CCOC(=O)[C@@H](Sc1nnc(COc2ccc(Br)cc2)n1Cc1ccccc1)C(C)C. The zero-order valence-corrected chi connectivity index (χ0v) is 20.2. The summed E-state index contributed by atoms with van der Waals surface area (Å²) in [4.78, 5) is 12.5. The van der Waals surface area contributed by atoms with Crippen LogP contribution in [0.25, 0.3) is 0 Å². The van der Waals surface area contributed by atoms with Crippen molar-refractivity contribution in [1.29, 1.82) is 0 Å². The van der Waals surface area contributed by atoms with Crippen LogP contribution in [0.1, 0.15) is 32.2 Å². The topological polar surface area (TPSA) is 66.2 Å². The Morgan fingerprint density at radius 3 is 2.45 bits per heavy atom. The molecule has 2 aromatic carbocycles. The second-order valence-corrected chi connectivity index (χ2v) is 9.27. The molecule has 0 fully saturated rings. The van der Waals surface area contributed by atoms with Gasteiger partial charge in [-0.3, -0.25) is 9.36 Å². The first kappa shape index (κ1) is 23.3. The van der Waals surface area contributed by atoms with Gasteiger partial charge in [-0.2, -0.15) is 0 Å². The zero-order valence-electron chi connectivity index (χ0n) is 17.8. The Kier molecular flexibility index (Phi) is 8.54. The number of rotatable bonds is 10. The third-order valence-electron chi connectivity index (χ3n) is 4.52. The van der Waals surface area contributed by atoms with E-state index in [4.69, 9.17) is 9.47 Å². The molecule has 3 aromatic rings. The molecule has 31 heavy (non-hydrogen) atoms. The van der Waals surface area contributed by atoms with Gasteiger partial charge in [-0.25, -0.2) is 0 Å². The number of carbonyl (C=O) groups excluding carboxylic acids is 1. The van der Waals surface area contributed by atoms with Crippen molar-refractivity contribution in [3.63, 3.8) is 0 Å². The van der Waals surface area contributed by atoms with Crippen LogP contribution < -0.4 is 4.74 Å². The molecule has 0 N–H and O–H groups in total. The second kappa shape index (κ2) is 11.3. The van der Waals surface area contributed by atoms with Gasteiger partial charge in [0.15, 0.2) is 11.0 Å². The average molecular weight is 504 g/mol. The summed E-state index contributed by atoms with van der Waals surface area (Å²) in [7, 11) is 0.